The molecule has 0 heterocycles. The second kappa shape index (κ2) is 13.0. The average molecular weight is 317 g/mol. The van der Waals surface area contributed by atoms with E-state index >= 15 is 0 Å². The predicted octanol–water partition coefficient (Wildman–Crippen LogP) is 6.41. The third-order valence-corrected chi connectivity index (χ3v) is 4.17. The van der Waals surface area contributed by atoms with Crippen LogP contribution < -0.4 is 0 Å². The largest absolute Gasteiger partial charge is 0.373 e. The number of rotatable bonds is 13. The van der Waals surface area contributed by atoms with Gasteiger partial charge in [0.1, 0.15) is 0 Å². The maximum Gasteiger partial charge on any atom is 0.0720 e. The molecule has 4 heteroatoms. The fourth-order valence-corrected chi connectivity index (χ4v) is 2.70. The van der Waals surface area contributed by atoms with Crippen LogP contribution in [0.2, 0.25) is 0 Å². The molecule has 0 spiro atoms. The van der Waals surface area contributed by atoms with Crippen LogP contribution in [0.1, 0.15) is 70.8 Å². The van der Waals surface area contributed by atoms with Gasteiger partial charge in [0.25, 0.3) is 0 Å². The van der Waals surface area contributed by atoms with E-state index in [0.29, 0.717) is 6.61 Å². The van der Waals surface area contributed by atoms with Crippen molar-refractivity contribution in [1.82, 2.24) is 0 Å². The Morgan fingerprint density at radius 3 is 2.35 bits per heavy atom. The Kier molecular flexibility index (Phi) is 11.0. The monoisotopic (exact) mass is 317 g/mol. The maximum absolute atomic E-state index is 8.67. The third kappa shape index (κ3) is 9.27. The standard InChI is InChI=1S/C19H31N3O/c1-3-4-5-6-7-8-12-15-19(17(2)21-22-20)23-16-18-13-10-9-11-14-18/h9-11,13-14,17,19H,3-8,12,15-16H2,1-2H3/t17-,19+/m1/s1. The number of ether oxygens (including phenoxy) is 1. The van der Waals surface area contributed by atoms with Crippen molar-refractivity contribution in [2.75, 3.05) is 0 Å². The minimum atomic E-state index is -0.121. The lowest BCUT2D eigenvalue weighted by atomic mass is 10.0. The highest BCUT2D eigenvalue weighted by molar-refractivity contribution is 5.13. The van der Waals surface area contributed by atoms with Gasteiger partial charge in [-0.05, 0) is 17.5 Å². The van der Waals surface area contributed by atoms with Crippen LogP contribution >= 0.6 is 0 Å². The molecule has 0 amide bonds. The van der Waals surface area contributed by atoms with Crippen LogP contribution in [0, 0.1) is 0 Å². The number of hydrogen-bond donors (Lipinski definition) is 0. The highest BCUT2D eigenvalue weighted by Crippen LogP contribution is 2.17. The van der Waals surface area contributed by atoms with Crippen LogP contribution in [0.25, 0.3) is 10.4 Å². The molecule has 1 aromatic rings. The maximum atomic E-state index is 8.67. The number of nitrogens with zero attached hydrogens (tertiary/aromatic N) is 3. The first-order valence-electron chi connectivity index (χ1n) is 8.97. The van der Waals surface area contributed by atoms with Crippen LogP contribution in [-0.4, -0.2) is 12.1 Å². The summed E-state index contributed by atoms with van der Waals surface area (Å²) >= 11 is 0. The van der Waals surface area contributed by atoms with Crippen molar-refractivity contribution in [3.05, 3.63) is 46.3 Å². The summed E-state index contributed by atoms with van der Waals surface area (Å²) in [6.45, 7) is 4.76. The van der Waals surface area contributed by atoms with Gasteiger partial charge in [-0.1, -0.05) is 94.2 Å². The van der Waals surface area contributed by atoms with Gasteiger partial charge >= 0.3 is 0 Å². The highest BCUT2D eigenvalue weighted by atomic mass is 16.5. The van der Waals surface area contributed by atoms with Gasteiger partial charge in [0.05, 0.1) is 18.8 Å². The van der Waals surface area contributed by atoms with Crippen LogP contribution in [0.15, 0.2) is 35.4 Å². The van der Waals surface area contributed by atoms with Crippen molar-refractivity contribution in [3.63, 3.8) is 0 Å². The molecular weight excluding hydrogens is 286 g/mol. The van der Waals surface area contributed by atoms with E-state index in [1.165, 1.54) is 38.5 Å². The molecule has 23 heavy (non-hydrogen) atoms. The van der Waals surface area contributed by atoms with Crippen molar-refractivity contribution in [2.45, 2.75) is 84.0 Å². The molecule has 0 aliphatic rings. The summed E-state index contributed by atoms with van der Waals surface area (Å²) in [5, 5.41) is 3.83. The molecule has 1 rings (SSSR count). The lowest BCUT2D eigenvalue weighted by Crippen LogP contribution is -2.24. The first-order valence-corrected chi connectivity index (χ1v) is 8.97. The lowest BCUT2D eigenvalue weighted by molar-refractivity contribution is 0.0202. The average Bonchev–Trinajstić information content (AvgIpc) is 2.57. The summed E-state index contributed by atoms with van der Waals surface area (Å²) in [7, 11) is 0. The fraction of sp³-hybridized carbons (Fsp3) is 0.684. The molecule has 0 saturated heterocycles. The van der Waals surface area contributed by atoms with Crippen molar-refractivity contribution < 1.29 is 4.74 Å². The van der Waals surface area contributed by atoms with E-state index in [2.05, 4.69) is 29.1 Å². The molecular formula is C19H31N3O. The first-order chi connectivity index (χ1) is 11.3. The molecule has 1 aromatic carbocycles. The quantitative estimate of drug-likeness (QED) is 0.179. The van der Waals surface area contributed by atoms with Crippen LogP contribution in [0.5, 0.6) is 0 Å². The van der Waals surface area contributed by atoms with E-state index in [1.807, 2.05) is 25.1 Å². The zero-order chi connectivity index (χ0) is 16.8. The van der Waals surface area contributed by atoms with Crippen LogP contribution in [-0.2, 0) is 11.3 Å². The Morgan fingerprint density at radius 1 is 1.04 bits per heavy atom. The van der Waals surface area contributed by atoms with Gasteiger partial charge in [-0.2, -0.15) is 0 Å². The fourth-order valence-electron chi connectivity index (χ4n) is 2.70. The van der Waals surface area contributed by atoms with Crippen LogP contribution in [0.3, 0.4) is 0 Å². The minimum absolute atomic E-state index is 0.00162. The molecule has 0 unspecified atom stereocenters. The molecule has 0 aliphatic carbocycles. The second-order valence-electron chi connectivity index (χ2n) is 6.19. The number of unbranched alkanes of at least 4 members (excludes halogenated alkanes) is 6. The Hall–Kier alpha value is -1.51. The third-order valence-electron chi connectivity index (χ3n) is 4.17. The molecule has 0 radical (unpaired) electrons. The topological polar surface area (TPSA) is 58.0 Å². The van der Waals surface area contributed by atoms with E-state index in [1.54, 1.807) is 0 Å². The molecule has 0 N–H and O–H groups in total. The highest BCUT2D eigenvalue weighted by Gasteiger charge is 2.16. The Balaban J connectivity index is 2.32. The van der Waals surface area contributed by atoms with E-state index in [9.17, 15) is 0 Å². The van der Waals surface area contributed by atoms with Gasteiger partial charge in [-0.25, -0.2) is 0 Å². The Bertz CT molecular complexity index is 443. The van der Waals surface area contributed by atoms with Crippen LogP contribution in [0.4, 0.5) is 0 Å². The molecule has 0 fully saturated rings. The van der Waals surface area contributed by atoms with Crippen molar-refractivity contribution in [2.24, 2.45) is 5.11 Å². The Morgan fingerprint density at radius 2 is 1.70 bits per heavy atom. The van der Waals surface area contributed by atoms with Gasteiger partial charge in [0.2, 0.25) is 0 Å². The van der Waals surface area contributed by atoms with Gasteiger partial charge in [0, 0.05) is 4.91 Å². The summed E-state index contributed by atoms with van der Waals surface area (Å²) in [5.41, 5.74) is 9.82. The summed E-state index contributed by atoms with van der Waals surface area (Å²) < 4.78 is 6.02. The smallest absolute Gasteiger partial charge is 0.0720 e. The molecule has 0 aliphatic heterocycles. The molecule has 0 bridgehead atoms. The molecule has 0 aromatic heterocycles. The number of azide groups is 1. The molecule has 128 valence electrons. The van der Waals surface area contributed by atoms with Gasteiger partial charge in [-0.15, -0.1) is 0 Å². The Labute approximate surface area is 140 Å². The van der Waals surface area contributed by atoms with E-state index in [0.717, 1.165) is 18.4 Å². The van der Waals surface area contributed by atoms with Gasteiger partial charge in [-0.3, -0.25) is 0 Å². The van der Waals surface area contributed by atoms with Gasteiger partial charge in [0.15, 0.2) is 0 Å². The zero-order valence-electron chi connectivity index (χ0n) is 14.7. The van der Waals surface area contributed by atoms with E-state index in [-0.39, 0.29) is 12.1 Å². The SMILES string of the molecule is CCCCCCCCC[C@H](OCc1ccccc1)[C@@H](C)N=[N+]=[N-]. The summed E-state index contributed by atoms with van der Waals surface area (Å²) in [4.78, 5) is 2.93. The zero-order valence-corrected chi connectivity index (χ0v) is 14.7. The van der Waals surface area contributed by atoms with Crippen molar-refractivity contribution in [3.8, 4) is 0 Å². The van der Waals surface area contributed by atoms with E-state index < -0.39 is 0 Å². The van der Waals surface area contributed by atoms with Gasteiger partial charge < -0.3 is 4.74 Å². The lowest BCUT2D eigenvalue weighted by Gasteiger charge is -2.21. The van der Waals surface area contributed by atoms with Crippen molar-refractivity contribution in [1.29, 1.82) is 0 Å². The normalized spacial score (nSPS) is 13.3. The number of benzene rings is 1. The molecule has 0 saturated carbocycles. The minimum Gasteiger partial charge on any atom is -0.373 e. The molecule has 4 nitrogen and oxygen atoms in total. The first kappa shape index (κ1) is 19.5. The molecule has 2 atom stereocenters. The summed E-state index contributed by atoms with van der Waals surface area (Å²) in [6.07, 6.45) is 9.93. The second-order valence-corrected chi connectivity index (χ2v) is 6.19. The van der Waals surface area contributed by atoms with Crippen molar-refractivity contribution >= 4 is 0 Å². The summed E-state index contributed by atoms with van der Waals surface area (Å²) in [6, 6.07) is 10.0. The summed E-state index contributed by atoms with van der Waals surface area (Å²) in [5.74, 6) is 0. The van der Waals surface area contributed by atoms with E-state index in [4.69, 9.17) is 10.3 Å². The number of hydrogen-bond acceptors (Lipinski definition) is 2. The predicted molar refractivity (Wildman–Crippen MR) is 96.2 cm³/mol.